The number of esters is 1. The van der Waals surface area contributed by atoms with Crippen molar-refractivity contribution >= 4 is 23.4 Å². The largest absolute Gasteiger partial charge is 0.496 e. The molecule has 0 N–H and O–H groups in total. The Morgan fingerprint density at radius 2 is 1.89 bits per heavy atom. The summed E-state index contributed by atoms with van der Waals surface area (Å²) in [5.41, 5.74) is 2.16. The van der Waals surface area contributed by atoms with Gasteiger partial charge < -0.3 is 14.2 Å². The Kier molecular flexibility index (Phi) is 7.21. The van der Waals surface area contributed by atoms with Crippen LogP contribution in [0.1, 0.15) is 44.9 Å². The molecule has 4 rings (SSSR count). The first-order valence-electron chi connectivity index (χ1n) is 11.4. The minimum atomic E-state index is -0.717. The lowest BCUT2D eigenvalue weighted by Gasteiger charge is -2.25. The van der Waals surface area contributed by atoms with Crippen molar-refractivity contribution in [1.82, 2.24) is 4.57 Å². The number of fused-ring (bicyclic) bond motifs is 1. The number of aromatic nitrogens is 1. The first-order valence-corrected chi connectivity index (χ1v) is 12.2. The molecule has 1 aliphatic rings. The molecule has 1 atom stereocenters. The smallest absolute Gasteiger partial charge is 0.338 e. The third-order valence-electron chi connectivity index (χ3n) is 5.50. The fourth-order valence-corrected chi connectivity index (χ4v) is 5.09. The van der Waals surface area contributed by atoms with Crippen LogP contribution in [0.4, 0.5) is 0 Å². The second kappa shape index (κ2) is 10.3. The molecule has 0 spiro atoms. The SMILES string of the molecule is CCOC(=O)C1=C(C)N=c2s/c(=C\c3ccc(OC(C)C)cc3)c(=O)n2[C@@H]1c1ccccc1OC. The summed E-state index contributed by atoms with van der Waals surface area (Å²) >= 11 is 1.28. The summed E-state index contributed by atoms with van der Waals surface area (Å²) in [5, 5.41) is 0. The van der Waals surface area contributed by atoms with Gasteiger partial charge in [-0.3, -0.25) is 9.36 Å². The summed E-state index contributed by atoms with van der Waals surface area (Å²) in [4.78, 5) is 31.8. The predicted octanol–water partition coefficient (Wildman–Crippen LogP) is 3.59. The Morgan fingerprint density at radius 3 is 2.54 bits per heavy atom. The van der Waals surface area contributed by atoms with Gasteiger partial charge >= 0.3 is 5.97 Å². The van der Waals surface area contributed by atoms with Gasteiger partial charge in [0.2, 0.25) is 0 Å². The molecule has 2 heterocycles. The lowest BCUT2D eigenvalue weighted by molar-refractivity contribution is -0.139. The molecule has 0 unspecified atom stereocenters. The van der Waals surface area contributed by atoms with Crippen molar-refractivity contribution in [1.29, 1.82) is 0 Å². The summed E-state index contributed by atoms with van der Waals surface area (Å²) in [6.07, 6.45) is 1.91. The molecule has 0 radical (unpaired) electrons. The number of rotatable bonds is 7. The van der Waals surface area contributed by atoms with Gasteiger partial charge in [0.05, 0.1) is 35.6 Å². The Balaban J connectivity index is 1.89. The normalized spacial score (nSPS) is 15.6. The second-order valence-electron chi connectivity index (χ2n) is 8.28. The molecule has 0 aliphatic carbocycles. The Labute approximate surface area is 207 Å². The van der Waals surface area contributed by atoms with Crippen LogP contribution in [0.15, 0.2) is 69.6 Å². The molecule has 0 saturated carbocycles. The van der Waals surface area contributed by atoms with Crippen LogP contribution < -0.4 is 24.4 Å². The third kappa shape index (κ3) is 4.93. The molecule has 35 heavy (non-hydrogen) atoms. The van der Waals surface area contributed by atoms with Gasteiger partial charge in [0, 0.05) is 5.56 Å². The second-order valence-corrected chi connectivity index (χ2v) is 9.29. The molecule has 2 aromatic carbocycles. The monoisotopic (exact) mass is 492 g/mol. The van der Waals surface area contributed by atoms with Gasteiger partial charge in [0.1, 0.15) is 17.5 Å². The van der Waals surface area contributed by atoms with E-state index in [1.165, 1.54) is 11.3 Å². The molecule has 3 aromatic rings. The lowest BCUT2D eigenvalue weighted by Crippen LogP contribution is -2.40. The van der Waals surface area contributed by atoms with Gasteiger partial charge in [-0.15, -0.1) is 0 Å². The van der Waals surface area contributed by atoms with Gasteiger partial charge in [0.25, 0.3) is 5.56 Å². The van der Waals surface area contributed by atoms with Crippen molar-refractivity contribution in [3.8, 4) is 11.5 Å². The van der Waals surface area contributed by atoms with Crippen molar-refractivity contribution in [2.24, 2.45) is 4.99 Å². The summed E-state index contributed by atoms with van der Waals surface area (Å²) < 4.78 is 18.7. The quantitative estimate of drug-likeness (QED) is 0.471. The number of hydrogen-bond acceptors (Lipinski definition) is 7. The van der Waals surface area contributed by atoms with Gasteiger partial charge in [-0.1, -0.05) is 41.7 Å². The zero-order valence-corrected chi connectivity index (χ0v) is 21.2. The van der Waals surface area contributed by atoms with E-state index in [1.807, 2.05) is 68.5 Å². The predicted molar refractivity (Wildman–Crippen MR) is 136 cm³/mol. The molecule has 0 amide bonds. The summed E-state index contributed by atoms with van der Waals surface area (Å²) in [7, 11) is 1.57. The number of methoxy groups -OCH3 is 1. The minimum Gasteiger partial charge on any atom is -0.496 e. The Morgan fingerprint density at radius 1 is 1.17 bits per heavy atom. The van der Waals surface area contributed by atoms with E-state index >= 15 is 0 Å². The maximum absolute atomic E-state index is 13.7. The summed E-state index contributed by atoms with van der Waals surface area (Å²) in [5.74, 6) is 0.841. The van der Waals surface area contributed by atoms with E-state index in [0.29, 0.717) is 31.9 Å². The van der Waals surface area contributed by atoms with Crippen molar-refractivity contribution in [3.05, 3.63) is 90.6 Å². The van der Waals surface area contributed by atoms with E-state index in [9.17, 15) is 9.59 Å². The number of allylic oxidation sites excluding steroid dienone is 1. The standard InChI is InChI=1S/C27H28N2O5S/c1-6-33-26(31)23-17(4)28-27-29(24(23)20-9-7-8-10-21(20)32-5)25(30)22(35-27)15-18-11-13-19(14-12-18)34-16(2)3/h7-16,24H,6H2,1-5H3/b22-15-/t24-/m1/s1. The van der Waals surface area contributed by atoms with Crippen LogP contribution in [0, 0.1) is 0 Å². The van der Waals surface area contributed by atoms with Crippen molar-refractivity contribution in [3.63, 3.8) is 0 Å². The highest BCUT2D eigenvalue weighted by Crippen LogP contribution is 2.35. The van der Waals surface area contributed by atoms with E-state index in [4.69, 9.17) is 14.2 Å². The van der Waals surface area contributed by atoms with Gasteiger partial charge in [-0.05, 0) is 57.5 Å². The lowest BCUT2D eigenvalue weighted by atomic mass is 9.95. The highest BCUT2D eigenvalue weighted by molar-refractivity contribution is 7.07. The minimum absolute atomic E-state index is 0.0800. The van der Waals surface area contributed by atoms with Crippen LogP contribution >= 0.6 is 11.3 Å². The van der Waals surface area contributed by atoms with Gasteiger partial charge in [-0.2, -0.15) is 0 Å². The fraction of sp³-hybridized carbons (Fsp3) is 0.296. The molecule has 0 saturated heterocycles. The Hall–Kier alpha value is -3.65. The number of ether oxygens (including phenoxy) is 3. The first-order chi connectivity index (χ1) is 16.8. The van der Waals surface area contributed by atoms with Crippen LogP contribution in [-0.2, 0) is 9.53 Å². The topological polar surface area (TPSA) is 79.1 Å². The summed E-state index contributed by atoms with van der Waals surface area (Å²) in [6.45, 7) is 7.67. The number of benzene rings is 2. The third-order valence-corrected chi connectivity index (χ3v) is 6.48. The zero-order valence-electron chi connectivity index (χ0n) is 20.4. The van der Waals surface area contributed by atoms with Gasteiger partial charge in [0.15, 0.2) is 4.80 Å². The molecular formula is C27H28N2O5S. The summed E-state index contributed by atoms with van der Waals surface area (Å²) in [6, 6.07) is 14.2. The molecule has 1 aliphatic heterocycles. The van der Waals surface area contributed by atoms with Crippen LogP contribution in [-0.4, -0.2) is 30.4 Å². The van der Waals surface area contributed by atoms with Gasteiger partial charge in [-0.25, -0.2) is 9.79 Å². The maximum atomic E-state index is 13.7. The van der Waals surface area contributed by atoms with E-state index < -0.39 is 12.0 Å². The zero-order chi connectivity index (χ0) is 25.1. The van der Waals surface area contributed by atoms with E-state index in [1.54, 1.807) is 25.5 Å². The first kappa shape index (κ1) is 24.5. The number of nitrogens with zero attached hydrogens (tertiary/aromatic N) is 2. The Bertz CT molecular complexity index is 1450. The molecule has 1 aromatic heterocycles. The molecular weight excluding hydrogens is 464 g/mol. The average molecular weight is 493 g/mol. The number of para-hydroxylation sites is 1. The molecule has 8 heteroatoms. The van der Waals surface area contributed by atoms with Crippen LogP contribution in [0.2, 0.25) is 0 Å². The number of carbonyl (C=O) groups is 1. The molecule has 7 nitrogen and oxygen atoms in total. The number of hydrogen-bond donors (Lipinski definition) is 0. The van der Waals surface area contributed by atoms with Crippen LogP contribution in [0.3, 0.4) is 0 Å². The van der Waals surface area contributed by atoms with E-state index in [0.717, 1.165) is 11.3 Å². The number of thiazole rings is 1. The van der Waals surface area contributed by atoms with E-state index in [2.05, 4.69) is 4.99 Å². The van der Waals surface area contributed by atoms with Crippen LogP contribution in [0.5, 0.6) is 11.5 Å². The van der Waals surface area contributed by atoms with Crippen LogP contribution in [0.25, 0.3) is 6.08 Å². The highest BCUT2D eigenvalue weighted by atomic mass is 32.1. The fourth-order valence-electron chi connectivity index (χ4n) is 4.04. The number of carbonyl (C=O) groups excluding carboxylic acids is 1. The molecule has 0 bridgehead atoms. The van der Waals surface area contributed by atoms with Crippen molar-refractivity contribution in [2.45, 2.75) is 39.8 Å². The van der Waals surface area contributed by atoms with Crippen molar-refractivity contribution in [2.75, 3.05) is 13.7 Å². The molecule has 182 valence electrons. The maximum Gasteiger partial charge on any atom is 0.338 e. The van der Waals surface area contributed by atoms with Crippen molar-refractivity contribution < 1.29 is 19.0 Å². The molecule has 0 fully saturated rings. The highest BCUT2D eigenvalue weighted by Gasteiger charge is 2.34. The average Bonchev–Trinajstić information content (AvgIpc) is 3.13. The van der Waals surface area contributed by atoms with E-state index in [-0.39, 0.29) is 18.3 Å².